The zero-order valence-corrected chi connectivity index (χ0v) is 51.0. The van der Waals surface area contributed by atoms with Crippen LogP contribution in [-0.2, 0) is 27.1 Å². The molecule has 0 radical (unpaired) electrons. The second kappa shape index (κ2) is 16.6. The number of fused-ring (bicyclic) bond motifs is 15. The first-order chi connectivity index (χ1) is 38.8. The van der Waals surface area contributed by atoms with Crippen molar-refractivity contribution >= 4 is 132 Å². The Morgan fingerprint density at radius 2 is 0.890 bits per heavy atom. The van der Waals surface area contributed by atoms with Gasteiger partial charge >= 0.3 is 0 Å². The highest BCUT2D eigenvalue weighted by molar-refractivity contribution is 7.25. The summed E-state index contributed by atoms with van der Waals surface area (Å²) < 4.78 is 7.64. The van der Waals surface area contributed by atoms with Gasteiger partial charge in [-0.1, -0.05) is 152 Å². The van der Waals surface area contributed by atoms with Crippen LogP contribution in [0.2, 0.25) is 0 Å². The maximum atomic E-state index is 11.4. The van der Waals surface area contributed by atoms with Crippen molar-refractivity contribution < 1.29 is 0 Å². The minimum absolute atomic E-state index is 0.0216. The van der Waals surface area contributed by atoms with Crippen molar-refractivity contribution in [3.05, 3.63) is 185 Å². The fourth-order valence-corrected chi connectivity index (χ4v) is 15.0. The van der Waals surface area contributed by atoms with Crippen LogP contribution in [0.1, 0.15) is 137 Å². The Morgan fingerprint density at radius 3 is 1.49 bits per heavy atom. The molecule has 9 aromatic carbocycles. The maximum Gasteiger partial charge on any atom is 0.252 e. The van der Waals surface area contributed by atoms with E-state index < -0.39 is 0 Å². The predicted molar refractivity (Wildman–Crippen MR) is 354 cm³/mol. The molecule has 15 rings (SSSR count). The first-order valence-corrected chi connectivity index (χ1v) is 30.2. The number of benzene rings is 9. The van der Waals surface area contributed by atoms with E-state index in [-0.39, 0.29) is 33.8 Å². The van der Waals surface area contributed by atoms with Crippen LogP contribution >= 0.6 is 11.3 Å². The molecule has 0 saturated carbocycles. The lowest BCUT2D eigenvalue weighted by atomic mass is 9.33. The van der Waals surface area contributed by atoms with E-state index in [4.69, 9.17) is 0 Å². The van der Waals surface area contributed by atoms with Crippen LogP contribution in [-0.4, -0.2) is 15.8 Å². The van der Waals surface area contributed by atoms with Crippen LogP contribution < -0.4 is 26.2 Å². The molecule has 0 bridgehead atoms. The first-order valence-electron chi connectivity index (χ1n) is 29.4. The van der Waals surface area contributed by atoms with E-state index in [1.54, 1.807) is 0 Å². The van der Waals surface area contributed by atoms with Crippen molar-refractivity contribution in [1.82, 2.24) is 9.13 Å². The summed E-state index contributed by atoms with van der Waals surface area (Å²) in [6.07, 6.45) is 0. The lowest BCUT2D eigenvalue weighted by Gasteiger charge is -2.47. The number of rotatable bonds is 2. The highest BCUT2D eigenvalue weighted by Crippen LogP contribution is 2.55. The number of nitriles is 1. The average molecular weight is 1080 g/mol. The van der Waals surface area contributed by atoms with Crippen LogP contribution in [0.3, 0.4) is 0 Å². The zero-order chi connectivity index (χ0) is 57.2. The molecular formula is C75H70BN5S. The summed E-state index contributed by atoms with van der Waals surface area (Å²) in [4.78, 5) is 5.09. The normalized spacial score (nSPS) is 14.2. The quantitative estimate of drug-likeness (QED) is 0.162. The summed E-state index contributed by atoms with van der Waals surface area (Å²) in [5, 5.41) is 19.0. The monoisotopic (exact) mass is 1080 g/mol. The lowest BCUT2D eigenvalue weighted by Crippen LogP contribution is -2.62. The van der Waals surface area contributed by atoms with Crippen molar-refractivity contribution in [2.24, 2.45) is 0 Å². The number of hydrogen-bond acceptors (Lipinski definition) is 4. The number of nitrogens with zero attached hydrogens (tertiary/aromatic N) is 5. The molecule has 12 aromatic rings. The number of hydrogen-bond donors (Lipinski definition) is 0. The second-order valence-electron chi connectivity index (χ2n) is 29.1. The molecule has 0 saturated heterocycles. The fraction of sp³-hybridized carbons (Fsp3) is 0.267. The van der Waals surface area contributed by atoms with Gasteiger partial charge in [-0.25, -0.2) is 0 Å². The van der Waals surface area contributed by atoms with Crippen molar-refractivity contribution in [3.63, 3.8) is 0 Å². The maximum absolute atomic E-state index is 11.4. The predicted octanol–water partition coefficient (Wildman–Crippen LogP) is 19.0. The van der Waals surface area contributed by atoms with Gasteiger partial charge in [0.05, 0.1) is 50.8 Å². The van der Waals surface area contributed by atoms with Gasteiger partial charge in [-0.05, 0) is 174 Å². The van der Waals surface area contributed by atoms with Crippen LogP contribution in [0, 0.1) is 11.3 Å². The fourth-order valence-electron chi connectivity index (χ4n) is 14.0. The van der Waals surface area contributed by atoms with Crippen LogP contribution in [0.5, 0.6) is 0 Å². The van der Waals surface area contributed by atoms with Crippen LogP contribution in [0.25, 0.3) is 75.2 Å². The molecule has 0 aliphatic carbocycles. The summed E-state index contributed by atoms with van der Waals surface area (Å²) in [5.74, 6) is 0. The second-order valence-corrected chi connectivity index (χ2v) is 30.2. The molecule has 5 nitrogen and oxygen atoms in total. The van der Waals surface area contributed by atoms with Gasteiger partial charge in [0.15, 0.2) is 0 Å². The van der Waals surface area contributed by atoms with E-state index in [0.717, 1.165) is 34.1 Å². The lowest BCUT2D eigenvalue weighted by molar-refractivity contribution is 0.590. The zero-order valence-electron chi connectivity index (χ0n) is 50.2. The van der Waals surface area contributed by atoms with E-state index >= 15 is 0 Å². The molecule has 0 spiro atoms. The highest BCUT2D eigenvalue weighted by atomic mass is 32.1. The molecule has 404 valence electrons. The van der Waals surface area contributed by atoms with E-state index in [0.29, 0.717) is 5.56 Å². The summed E-state index contributed by atoms with van der Waals surface area (Å²) in [6, 6.07) is 61.7. The van der Waals surface area contributed by atoms with Gasteiger partial charge in [0.1, 0.15) is 0 Å². The van der Waals surface area contributed by atoms with Gasteiger partial charge in [-0.15, -0.1) is 11.3 Å². The molecule has 0 unspecified atom stereocenters. The molecule has 0 atom stereocenters. The average Bonchev–Trinajstić information content (AvgIpc) is 1.28. The summed E-state index contributed by atoms with van der Waals surface area (Å²) in [7, 11) is 0. The highest BCUT2D eigenvalue weighted by Gasteiger charge is 2.48. The van der Waals surface area contributed by atoms with E-state index in [1.165, 1.54) is 119 Å². The van der Waals surface area contributed by atoms with Crippen LogP contribution in [0.15, 0.2) is 152 Å². The molecule has 7 heteroatoms. The Bertz CT molecular complexity index is 4790. The Kier molecular flexibility index (Phi) is 10.3. The van der Waals surface area contributed by atoms with Gasteiger partial charge in [-0.2, -0.15) is 5.26 Å². The van der Waals surface area contributed by atoms with Crippen molar-refractivity contribution in [1.29, 1.82) is 5.26 Å². The SMILES string of the molecule is CC(C)(C)c1cc2c3c(c1)-n1c4ccc(C(C)(C)C)cc4c4cc(C(C)(C)C)cc(c41)N3c1cc(C#N)cc3c1B2c1ccc(-n2c4ccc(C(C)(C)C)cc4c4cc(C(C)(C)C)ccc42)cc1N3c1ccc2sc3ccccc3c2c1. The van der Waals surface area contributed by atoms with Gasteiger partial charge in [-0.3, -0.25) is 0 Å². The van der Waals surface area contributed by atoms with Crippen molar-refractivity contribution in [2.45, 2.75) is 131 Å². The molecule has 3 aliphatic rings. The Labute approximate surface area is 487 Å². The summed E-state index contributed by atoms with van der Waals surface area (Å²) >= 11 is 1.85. The summed E-state index contributed by atoms with van der Waals surface area (Å²) in [5.41, 5.74) is 24.2. The van der Waals surface area contributed by atoms with Gasteiger partial charge in [0.25, 0.3) is 6.71 Å². The largest absolute Gasteiger partial charge is 0.311 e. The standard InChI is InChI=1S/C75H70BN5S/c1-71(2,3)43-20-26-58-51(32-43)52-33-44(72(4,5)6)21-27-59(52)78(58)49-23-25-56-61(40-49)79(48-24-29-67-54(39-48)50-18-16-17-19-66(50)82-67)62-30-42(41-77)31-63-68(62)76(56)57-36-47(75(13,14)15)38-65-70(57)81(63)64-37-46(74(10,11)12)35-55-53-34-45(73(7,8)9)22-28-60(53)80(65)69(55)64/h16-40H,1-15H3. The van der Waals surface area contributed by atoms with E-state index in [9.17, 15) is 5.26 Å². The van der Waals surface area contributed by atoms with Crippen LogP contribution in [0.4, 0.5) is 34.1 Å². The smallest absolute Gasteiger partial charge is 0.252 e. The molecule has 0 amide bonds. The Hall–Kier alpha value is -8.05. The number of anilines is 6. The van der Waals surface area contributed by atoms with Crippen molar-refractivity contribution in [3.8, 4) is 17.4 Å². The minimum Gasteiger partial charge on any atom is -0.311 e. The van der Waals surface area contributed by atoms with E-state index in [1.807, 2.05) is 11.3 Å². The topological polar surface area (TPSA) is 40.1 Å². The molecule has 0 fully saturated rings. The molecule has 3 aromatic heterocycles. The third-order valence-electron chi connectivity index (χ3n) is 18.6. The van der Waals surface area contributed by atoms with Crippen molar-refractivity contribution in [2.75, 3.05) is 9.80 Å². The van der Waals surface area contributed by atoms with Gasteiger partial charge in [0, 0.05) is 70.2 Å². The third-order valence-corrected chi connectivity index (χ3v) is 19.7. The van der Waals surface area contributed by atoms with E-state index in [2.05, 4.69) is 281 Å². The molecule has 3 aliphatic heterocycles. The molecule has 6 heterocycles. The molecule has 82 heavy (non-hydrogen) atoms. The van der Waals surface area contributed by atoms with Gasteiger partial charge in [0.2, 0.25) is 0 Å². The summed E-state index contributed by atoms with van der Waals surface area (Å²) in [6.45, 7) is 34.8. The molecular weight excluding hydrogens is 1010 g/mol. The minimum atomic E-state index is -0.176. The number of aromatic nitrogens is 2. The molecule has 0 N–H and O–H groups in total. The first kappa shape index (κ1) is 50.9. The Balaban J connectivity index is 1.08. The number of thiophene rings is 1. The Morgan fingerprint density at radius 1 is 0.378 bits per heavy atom. The third kappa shape index (κ3) is 7.22. The van der Waals surface area contributed by atoms with Gasteiger partial charge < -0.3 is 18.9 Å².